The van der Waals surface area contributed by atoms with Gasteiger partial charge in [0.1, 0.15) is 11.0 Å². The van der Waals surface area contributed by atoms with Gasteiger partial charge in [0.15, 0.2) is 5.82 Å². The molecule has 0 fully saturated rings. The van der Waals surface area contributed by atoms with E-state index >= 15 is 0 Å². The van der Waals surface area contributed by atoms with E-state index in [1.807, 2.05) is 33.2 Å². The van der Waals surface area contributed by atoms with E-state index in [0.717, 1.165) is 22.2 Å². The van der Waals surface area contributed by atoms with E-state index in [0.29, 0.717) is 40.1 Å². The van der Waals surface area contributed by atoms with Gasteiger partial charge in [0.25, 0.3) is 0 Å². The molecular formula is C21H24BN7O3S. The number of fused-ring (bicyclic) bond motifs is 1. The molecular weight excluding hydrogens is 441 g/mol. The molecule has 1 atom stereocenters. The van der Waals surface area contributed by atoms with Crippen LogP contribution in [-0.2, 0) is 17.5 Å². The van der Waals surface area contributed by atoms with Gasteiger partial charge in [-0.2, -0.15) is 15.0 Å². The minimum Gasteiger partial charge on any atom is -0.423 e. The van der Waals surface area contributed by atoms with Crippen LogP contribution in [0.2, 0.25) is 0 Å². The Balaban J connectivity index is 1.75. The van der Waals surface area contributed by atoms with Crippen molar-refractivity contribution in [3.8, 4) is 11.4 Å². The maximum absolute atomic E-state index is 12.0. The number of nitrogens with one attached hydrogen (secondary N) is 2. The first-order valence-electron chi connectivity index (χ1n) is 10.1. The lowest BCUT2D eigenvalue weighted by molar-refractivity contribution is 0.425. The lowest BCUT2D eigenvalue weighted by Crippen LogP contribution is -2.30. The van der Waals surface area contributed by atoms with Crippen molar-refractivity contribution in [2.75, 3.05) is 24.3 Å². The summed E-state index contributed by atoms with van der Waals surface area (Å²) in [5, 5.41) is 28.5. The minimum absolute atomic E-state index is 0.367. The lowest BCUT2D eigenvalue weighted by atomic mass is 9.80. The quantitative estimate of drug-likeness (QED) is 0.250. The number of hydrogen-bond donors (Lipinski definition) is 5. The molecule has 33 heavy (non-hydrogen) atoms. The van der Waals surface area contributed by atoms with E-state index in [9.17, 15) is 14.3 Å². The Morgan fingerprint density at radius 1 is 1.15 bits per heavy atom. The largest absolute Gasteiger partial charge is 0.488 e. The average molecular weight is 465 g/mol. The molecule has 0 bridgehead atoms. The molecule has 4 aromatic rings. The zero-order valence-electron chi connectivity index (χ0n) is 18.4. The van der Waals surface area contributed by atoms with Crippen LogP contribution in [0.25, 0.3) is 22.3 Å². The summed E-state index contributed by atoms with van der Waals surface area (Å²) in [5.41, 5.74) is 3.52. The number of benzene rings is 2. The average Bonchev–Trinajstić information content (AvgIpc) is 3.13. The fourth-order valence-corrected chi connectivity index (χ4v) is 4.15. The van der Waals surface area contributed by atoms with Gasteiger partial charge in [0.05, 0.1) is 10.4 Å². The summed E-state index contributed by atoms with van der Waals surface area (Å²) < 4.78 is 12.0. The van der Waals surface area contributed by atoms with Crippen LogP contribution in [0.15, 0.2) is 47.4 Å². The molecule has 6 N–H and O–H groups in total. The van der Waals surface area contributed by atoms with Crippen LogP contribution in [0.3, 0.4) is 0 Å². The second kappa shape index (κ2) is 9.28. The SMILES string of the molecule is Cc1[nH]c2c(S(N)=O)cccc2c1-c1nc(NCc2cccc(B(O)O)c2)nc(N(C)C)n1. The van der Waals surface area contributed by atoms with E-state index in [1.54, 1.807) is 35.2 Å². The maximum Gasteiger partial charge on any atom is 0.488 e. The summed E-state index contributed by atoms with van der Waals surface area (Å²) in [6, 6.07) is 12.4. The van der Waals surface area contributed by atoms with Crippen LogP contribution in [0.5, 0.6) is 0 Å². The van der Waals surface area contributed by atoms with Crippen molar-refractivity contribution < 1.29 is 14.3 Å². The zero-order chi connectivity index (χ0) is 23.7. The van der Waals surface area contributed by atoms with Crippen LogP contribution < -0.4 is 20.8 Å². The minimum atomic E-state index is -1.64. The first-order chi connectivity index (χ1) is 15.7. The highest BCUT2D eigenvalue weighted by atomic mass is 32.2. The number of aromatic nitrogens is 4. The molecule has 0 aliphatic carbocycles. The number of H-pyrrole nitrogens is 1. The highest BCUT2D eigenvalue weighted by molar-refractivity contribution is 7.83. The normalized spacial score (nSPS) is 12.1. The molecule has 1 unspecified atom stereocenters. The number of rotatable bonds is 7. The summed E-state index contributed by atoms with van der Waals surface area (Å²) in [6.07, 6.45) is 0. The molecule has 0 aliphatic heterocycles. The maximum atomic E-state index is 12.0. The van der Waals surface area contributed by atoms with Gasteiger partial charge >= 0.3 is 7.12 Å². The second-order valence-corrected chi connectivity index (χ2v) is 8.79. The van der Waals surface area contributed by atoms with Crippen LogP contribution in [0.1, 0.15) is 11.3 Å². The number of aryl methyl sites for hydroxylation is 1. The van der Waals surface area contributed by atoms with Gasteiger partial charge in [0.2, 0.25) is 11.9 Å². The van der Waals surface area contributed by atoms with E-state index in [4.69, 9.17) is 5.14 Å². The molecule has 170 valence electrons. The Labute approximate surface area is 193 Å². The number of para-hydroxylation sites is 1. The predicted octanol–water partition coefficient (Wildman–Crippen LogP) is 0.668. The van der Waals surface area contributed by atoms with Crippen molar-refractivity contribution in [3.05, 3.63) is 53.7 Å². The molecule has 0 radical (unpaired) electrons. The summed E-state index contributed by atoms with van der Waals surface area (Å²) in [5.74, 6) is 1.29. The number of nitrogens with zero attached hydrogens (tertiary/aromatic N) is 4. The molecule has 2 heterocycles. The van der Waals surface area contributed by atoms with E-state index in [-0.39, 0.29) is 0 Å². The van der Waals surface area contributed by atoms with Crippen molar-refractivity contribution in [2.24, 2.45) is 5.14 Å². The summed E-state index contributed by atoms with van der Waals surface area (Å²) in [7, 11) is 0.503. The monoisotopic (exact) mass is 465 g/mol. The molecule has 2 aromatic heterocycles. The third kappa shape index (κ3) is 4.73. The summed E-state index contributed by atoms with van der Waals surface area (Å²) in [4.78, 5) is 19.3. The van der Waals surface area contributed by atoms with Gasteiger partial charge in [-0.1, -0.05) is 36.4 Å². The topological polar surface area (TPSA) is 153 Å². The van der Waals surface area contributed by atoms with Crippen molar-refractivity contribution in [1.29, 1.82) is 0 Å². The first-order valence-corrected chi connectivity index (χ1v) is 11.4. The Hall–Kier alpha value is -3.32. The van der Waals surface area contributed by atoms with Gasteiger partial charge in [-0.3, -0.25) is 0 Å². The highest BCUT2D eigenvalue weighted by Gasteiger charge is 2.19. The van der Waals surface area contributed by atoms with E-state index < -0.39 is 18.1 Å². The molecule has 0 saturated heterocycles. The molecule has 12 heteroatoms. The standard InChI is InChI=1S/C21H24BN7O3S/c1-12-17(15-8-5-9-16(33(23)32)18(15)25-12)19-26-20(28-21(27-19)29(2)3)24-11-13-6-4-7-14(10-13)22(30)31/h4-10,25,30-31H,11,23H2,1-3H3,(H,24,26,27,28). The summed E-state index contributed by atoms with van der Waals surface area (Å²) >= 11 is 0. The number of hydrogen-bond acceptors (Lipinski definition) is 8. The molecule has 0 spiro atoms. The number of aromatic amines is 1. The van der Waals surface area contributed by atoms with Gasteiger partial charge in [-0.25, -0.2) is 9.35 Å². The molecule has 4 rings (SSSR count). The summed E-state index contributed by atoms with van der Waals surface area (Å²) in [6.45, 7) is 2.27. The van der Waals surface area contributed by atoms with Crippen LogP contribution in [0, 0.1) is 6.92 Å². The highest BCUT2D eigenvalue weighted by Crippen LogP contribution is 2.33. The Bertz CT molecular complexity index is 1340. The molecule has 0 aliphatic rings. The smallest absolute Gasteiger partial charge is 0.423 e. The van der Waals surface area contributed by atoms with Gasteiger partial charge in [0, 0.05) is 37.3 Å². The fourth-order valence-electron chi connectivity index (χ4n) is 3.58. The fraction of sp³-hybridized carbons (Fsp3) is 0.190. The van der Waals surface area contributed by atoms with Crippen molar-refractivity contribution in [2.45, 2.75) is 18.4 Å². The van der Waals surface area contributed by atoms with Crippen molar-refractivity contribution >= 4 is 46.4 Å². The molecule has 0 amide bonds. The number of nitrogens with two attached hydrogens (primary N) is 1. The Morgan fingerprint density at radius 3 is 2.61 bits per heavy atom. The van der Waals surface area contributed by atoms with E-state index in [2.05, 4.69) is 25.3 Å². The Morgan fingerprint density at radius 2 is 1.91 bits per heavy atom. The van der Waals surface area contributed by atoms with Crippen LogP contribution in [0.4, 0.5) is 11.9 Å². The van der Waals surface area contributed by atoms with Crippen molar-refractivity contribution in [3.63, 3.8) is 0 Å². The first kappa shape index (κ1) is 22.9. The zero-order valence-corrected chi connectivity index (χ0v) is 19.2. The number of anilines is 2. The lowest BCUT2D eigenvalue weighted by Gasteiger charge is -2.14. The third-order valence-corrected chi connectivity index (χ3v) is 5.92. The molecule has 2 aromatic carbocycles. The second-order valence-electron chi connectivity index (χ2n) is 7.75. The van der Waals surface area contributed by atoms with Crippen LogP contribution >= 0.6 is 0 Å². The third-order valence-electron chi connectivity index (χ3n) is 5.15. The van der Waals surface area contributed by atoms with Gasteiger partial charge in [-0.15, -0.1) is 0 Å². The molecule has 0 saturated carbocycles. The van der Waals surface area contributed by atoms with Gasteiger partial charge < -0.3 is 25.2 Å². The Kier molecular flexibility index (Phi) is 6.43. The van der Waals surface area contributed by atoms with Crippen LogP contribution in [-0.4, -0.2) is 55.4 Å². The van der Waals surface area contributed by atoms with Gasteiger partial charge in [-0.05, 0) is 24.0 Å². The van der Waals surface area contributed by atoms with Crippen molar-refractivity contribution in [1.82, 2.24) is 19.9 Å². The predicted molar refractivity (Wildman–Crippen MR) is 130 cm³/mol. The van der Waals surface area contributed by atoms with E-state index in [1.165, 1.54) is 0 Å². The molecule has 10 nitrogen and oxygen atoms in total.